The molecule has 2 aromatic carbocycles. The number of sulfonamides is 1. The molecule has 5 nitrogen and oxygen atoms in total. The Bertz CT molecular complexity index is 1030. The Morgan fingerprint density at radius 1 is 1.04 bits per heavy atom. The van der Waals surface area contributed by atoms with Gasteiger partial charge in [-0.3, -0.25) is 4.72 Å². The Morgan fingerprint density at radius 2 is 1.73 bits per heavy atom. The zero-order valence-corrected chi connectivity index (χ0v) is 16.0. The first-order valence-corrected chi connectivity index (χ1v) is 9.96. The molecule has 3 aromatic rings. The zero-order valence-electron chi connectivity index (χ0n) is 14.4. The number of nitrogens with zero attached hydrogens (tertiary/aromatic N) is 2. The van der Waals surface area contributed by atoms with Gasteiger partial charge in [0.15, 0.2) is 5.82 Å². The van der Waals surface area contributed by atoms with E-state index in [0.717, 1.165) is 16.7 Å². The third kappa shape index (κ3) is 3.71. The van der Waals surface area contributed by atoms with Crippen LogP contribution in [0.15, 0.2) is 59.8 Å². The second kappa shape index (κ2) is 7.43. The van der Waals surface area contributed by atoms with E-state index in [1.54, 1.807) is 18.2 Å². The topological polar surface area (TPSA) is 72.0 Å². The molecule has 1 heterocycles. The molecule has 0 aliphatic carbocycles. The molecule has 3 rings (SSSR count). The van der Waals surface area contributed by atoms with Gasteiger partial charge in [-0.2, -0.15) is 0 Å². The van der Waals surface area contributed by atoms with E-state index in [-0.39, 0.29) is 15.9 Å². The summed E-state index contributed by atoms with van der Waals surface area (Å²) >= 11 is 6.25. The highest BCUT2D eigenvalue weighted by Crippen LogP contribution is 2.33. The molecule has 0 aliphatic heterocycles. The van der Waals surface area contributed by atoms with Gasteiger partial charge in [0.2, 0.25) is 0 Å². The third-order valence-corrected chi connectivity index (χ3v) is 5.74. The largest absolute Gasteiger partial charge is 0.263 e. The van der Waals surface area contributed by atoms with E-state index >= 15 is 0 Å². The van der Waals surface area contributed by atoms with Crippen LogP contribution < -0.4 is 4.72 Å². The summed E-state index contributed by atoms with van der Waals surface area (Å²) < 4.78 is 28.4. The lowest BCUT2D eigenvalue weighted by Crippen LogP contribution is -2.16. The van der Waals surface area contributed by atoms with Gasteiger partial charge in [-0.05, 0) is 30.5 Å². The summed E-state index contributed by atoms with van der Waals surface area (Å²) in [7, 11) is -3.81. The Hall–Kier alpha value is -2.44. The summed E-state index contributed by atoms with van der Waals surface area (Å²) in [5.41, 5.74) is 3.01. The van der Waals surface area contributed by atoms with Crippen LogP contribution in [-0.4, -0.2) is 18.4 Å². The summed E-state index contributed by atoms with van der Waals surface area (Å²) in [6, 6.07) is 14.4. The Labute approximate surface area is 158 Å². The van der Waals surface area contributed by atoms with Gasteiger partial charge < -0.3 is 0 Å². The van der Waals surface area contributed by atoms with Crippen LogP contribution in [0.4, 0.5) is 5.82 Å². The number of aromatic nitrogens is 2. The minimum Gasteiger partial charge on any atom is -0.263 e. The normalized spacial score (nSPS) is 11.3. The first-order chi connectivity index (χ1) is 12.4. The van der Waals surface area contributed by atoms with Crippen molar-refractivity contribution in [2.24, 2.45) is 0 Å². The number of rotatable bonds is 5. The molecule has 0 aliphatic rings. The van der Waals surface area contributed by atoms with E-state index in [2.05, 4.69) is 14.7 Å². The van der Waals surface area contributed by atoms with Crippen molar-refractivity contribution in [3.8, 4) is 11.1 Å². The molecule has 0 saturated heterocycles. The Balaban J connectivity index is 2.08. The average Bonchev–Trinajstić information content (AvgIpc) is 2.63. The van der Waals surface area contributed by atoms with Gasteiger partial charge in [0.25, 0.3) is 10.0 Å². The third-order valence-electron chi connectivity index (χ3n) is 4.02. The maximum absolute atomic E-state index is 12.9. The summed E-state index contributed by atoms with van der Waals surface area (Å²) in [5, 5.41) is 0.185. The van der Waals surface area contributed by atoms with Crippen molar-refractivity contribution in [2.45, 2.75) is 25.2 Å². The van der Waals surface area contributed by atoms with E-state index in [4.69, 9.17) is 11.6 Å². The summed E-state index contributed by atoms with van der Waals surface area (Å²) in [6.45, 7) is 3.88. The minimum absolute atomic E-state index is 0.153. The second-order valence-electron chi connectivity index (χ2n) is 5.82. The lowest BCUT2D eigenvalue weighted by atomic mass is 10.1. The highest BCUT2D eigenvalue weighted by atomic mass is 35.5. The predicted molar refractivity (Wildman–Crippen MR) is 104 cm³/mol. The molecule has 0 radical (unpaired) electrons. The predicted octanol–water partition coefficient (Wildman–Crippen LogP) is 4.47. The van der Waals surface area contributed by atoms with Gasteiger partial charge in [0.05, 0.1) is 10.5 Å². The van der Waals surface area contributed by atoms with Crippen LogP contribution >= 0.6 is 11.6 Å². The number of aryl methyl sites for hydroxylation is 2. The molecule has 134 valence electrons. The van der Waals surface area contributed by atoms with Crippen LogP contribution in [0.25, 0.3) is 11.1 Å². The smallest absolute Gasteiger partial charge is 0.263 e. The van der Waals surface area contributed by atoms with Crippen LogP contribution in [0.3, 0.4) is 0 Å². The Morgan fingerprint density at radius 3 is 2.42 bits per heavy atom. The van der Waals surface area contributed by atoms with Crippen LogP contribution in [-0.2, 0) is 16.4 Å². The molecule has 7 heteroatoms. The van der Waals surface area contributed by atoms with Crippen LogP contribution in [0, 0.1) is 6.92 Å². The van der Waals surface area contributed by atoms with E-state index in [1.807, 2.05) is 44.2 Å². The van der Waals surface area contributed by atoms with E-state index in [9.17, 15) is 8.42 Å². The van der Waals surface area contributed by atoms with Crippen molar-refractivity contribution in [1.82, 2.24) is 9.97 Å². The number of anilines is 1. The van der Waals surface area contributed by atoms with Gasteiger partial charge in [-0.15, -0.1) is 0 Å². The monoisotopic (exact) mass is 387 g/mol. The first kappa shape index (κ1) is 18.4. The first-order valence-electron chi connectivity index (χ1n) is 8.10. The molecule has 0 fully saturated rings. The number of nitrogens with one attached hydrogen (secondary N) is 1. The fraction of sp³-hybridized carbons (Fsp3) is 0.158. The van der Waals surface area contributed by atoms with Gasteiger partial charge in [0, 0.05) is 0 Å². The molecule has 0 atom stereocenters. The van der Waals surface area contributed by atoms with E-state index < -0.39 is 10.0 Å². The highest BCUT2D eigenvalue weighted by Gasteiger charge is 2.21. The van der Waals surface area contributed by atoms with Gasteiger partial charge >= 0.3 is 0 Å². The molecule has 0 unspecified atom stereocenters. The maximum atomic E-state index is 12.9. The lowest BCUT2D eigenvalue weighted by molar-refractivity contribution is 0.600. The van der Waals surface area contributed by atoms with Crippen molar-refractivity contribution in [3.05, 3.63) is 71.1 Å². The second-order valence-corrected chi connectivity index (χ2v) is 7.83. The standard InChI is InChI=1S/C19H18ClN3O2S/c1-3-14-6-4-5-7-16(14)26(24,25)23-19-17(18(20)21-12-22-19)15-10-8-13(2)9-11-15/h4-12H,3H2,1-2H3,(H,21,22,23). The van der Waals surface area contributed by atoms with Crippen molar-refractivity contribution in [1.29, 1.82) is 0 Å². The number of halogens is 1. The minimum atomic E-state index is -3.81. The number of hydrogen-bond donors (Lipinski definition) is 1. The molecule has 0 saturated carbocycles. The highest BCUT2D eigenvalue weighted by molar-refractivity contribution is 7.92. The van der Waals surface area contributed by atoms with Crippen molar-refractivity contribution < 1.29 is 8.42 Å². The zero-order chi connectivity index (χ0) is 18.7. The van der Waals surface area contributed by atoms with Crippen LogP contribution in [0.2, 0.25) is 5.15 Å². The quantitative estimate of drug-likeness (QED) is 0.655. The van der Waals surface area contributed by atoms with Gasteiger partial charge in [0.1, 0.15) is 11.5 Å². The molecule has 1 aromatic heterocycles. The summed E-state index contributed by atoms with van der Waals surface area (Å²) in [4.78, 5) is 8.34. The molecular formula is C19H18ClN3O2S. The molecular weight excluding hydrogens is 370 g/mol. The SMILES string of the molecule is CCc1ccccc1S(=O)(=O)Nc1ncnc(Cl)c1-c1ccc(C)cc1. The summed E-state index contributed by atoms with van der Waals surface area (Å²) in [5.74, 6) is 0.153. The molecule has 1 N–H and O–H groups in total. The maximum Gasteiger partial charge on any atom is 0.263 e. The number of benzene rings is 2. The molecule has 0 bridgehead atoms. The van der Waals surface area contributed by atoms with E-state index in [0.29, 0.717) is 12.0 Å². The van der Waals surface area contributed by atoms with Crippen molar-refractivity contribution >= 4 is 27.4 Å². The molecule has 26 heavy (non-hydrogen) atoms. The van der Waals surface area contributed by atoms with Crippen molar-refractivity contribution in [3.63, 3.8) is 0 Å². The fourth-order valence-electron chi connectivity index (χ4n) is 2.66. The van der Waals surface area contributed by atoms with Crippen LogP contribution in [0.1, 0.15) is 18.1 Å². The van der Waals surface area contributed by atoms with Crippen molar-refractivity contribution in [2.75, 3.05) is 4.72 Å². The Kier molecular flexibility index (Phi) is 5.25. The van der Waals surface area contributed by atoms with Gasteiger partial charge in [-0.25, -0.2) is 18.4 Å². The fourth-order valence-corrected chi connectivity index (χ4v) is 4.23. The van der Waals surface area contributed by atoms with E-state index in [1.165, 1.54) is 6.33 Å². The lowest BCUT2D eigenvalue weighted by Gasteiger charge is -2.14. The summed E-state index contributed by atoms with van der Waals surface area (Å²) in [6.07, 6.45) is 1.84. The van der Waals surface area contributed by atoms with Gasteiger partial charge in [-0.1, -0.05) is 66.6 Å². The van der Waals surface area contributed by atoms with Crippen LogP contribution in [0.5, 0.6) is 0 Å². The average molecular weight is 388 g/mol. The molecule has 0 amide bonds. The number of hydrogen-bond acceptors (Lipinski definition) is 4. The molecule has 0 spiro atoms.